The molecule has 2 rings (SSSR count). The number of alkyl halides is 2. The molecule has 2 aromatic rings. The van der Waals surface area contributed by atoms with Crippen molar-refractivity contribution in [3.05, 3.63) is 28.8 Å². The first kappa shape index (κ1) is 15.4. The molecule has 0 saturated heterocycles. The van der Waals surface area contributed by atoms with Crippen LogP contribution >= 0.6 is 11.3 Å². The Bertz CT molecular complexity index is 620. The first-order valence-corrected chi connectivity index (χ1v) is 6.96. The van der Waals surface area contributed by atoms with E-state index in [0.29, 0.717) is 5.13 Å². The van der Waals surface area contributed by atoms with Crippen molar-refractivity contribution in [3.63, 3.8) is 0 Å². The van der Waals surface area contributed by atoms with Crippen LogP contribution in [0, 0.1) is 13.8 Å². The lowest BCUT2D eigenvalue weighted by molar-refractivity contribution is 0.0652. The molecular weight excluding hydrogens is 300 g/mol. The molecule has 0 unspecified atom stereocenters. The number of urea groups is 1. The average Bonchev–Trinajstić information content (AvgIpc) is 2.97. The predicted molar refractivity (Wildman–Crippen MR) is 75.6 cm³/mol. The Balaban J connectivity index is 2.01. The molecule has 1 N–H and O–H groups in total. The van der Waals surface area contributed by atoms with Gasteiger partial charge in [-0.05, 0) is 13.8 Å². The minimum atomic E-state index is -2.68. The average molecular weight is 315 g/mol. The molecular formula is C12H15F2N5OS. The Labute approximate surface area is 124 Å². The van der Waals surface area contributed by atoms with Gasteiger partial charge in [-0.1, -0.05) is 0 Å². The lowest BCUT2D eigenvalue weighted by atomic mass is 10.4. The van der Waals surface area contributed by atoms with E-state index in [9.17, 15) is 13.6 Å². The Kier molecular flexibility index (Phi) is 4.51. The van der Waals surface area contributed by atoms with Crippen molar-refractivity contribution >= 4 is 22.5 Å². The minimum absolute atomic E-state index is 0.0213. The molecule has 0 bridgehead atoms. The first-order valence-electron chi connectivity index (χ1n) is 6.14. The zero-order chi connectivity index (χ0) is 15.6. The van der Waals surface area contributed by atoms with Gasteiger partial charge in [0.1, 0.15) is 5.82 Å². The summed E-state index contributed by atoms with van der Waals surface area (Å²) in [6, 6.07) is -0.424. The maximum atomic E-state index is 12.7. The molecule has 114 valence electrons. The summed E-state index contributed by atoms with van der Waals surface area (Å²) in [5.74, 6) is 0.120. The van der Waals surface area contributed by atoms with E-state index < -0.39 is 12.6 Å². The fraction of sp³-hybridized carbons (Fsp3) is 0.417. The van der Waals surface area contributed by atoms with Crippen molar-refractivity contribution in [1.29, 1.82) is 0 Å². The number of nitrogens with zero attached hydrogens (tertiary/aromatic N) is 4. The number of imidazole rings is 1. The number of rotatable bonds is 4. The van der Waals surface area contributed by atoms with Gasteiger partial charge in [0, 0.05) is 24.3 Å². The summed E-state index contributed by atoms with van der Waals surface area (Å²) < 4.78 is 26.1. The number of carbonyl (C=O) groups excluding carboxylic acids is 1. The van der Waals surface area contributed by atoms with E-state index in [-0.39, 0.29) is 12.4 Å². The van der Waals surface area contributed by atoms with Crippen molar-refractivity contribution in [2.45, 2.75) is 26.9 Å². The Morgan fingerprint density at radius 2 is 2.24 bits per heavy atom. The van der Waals surface area contributed by atoms with Crippen molar-refractivity contribution in [2.24, 2.45) is 0 Å². The molecule has 6 nitrogen and oxygen atoms in total. The van der Waals surface area contributed by atoms with Crippen LogP contribution in [0.5, 0.6) is 0 Å². The van der Waals surface area contributed by atoms with Gasteiger partial charge in [0.15, 0.2) is 5.13 Å². The number of thiazole rings is 1. The highest BCUT2D eigenvalue weighted by Crippen LogP contribution is 2.21. The van der Waals surface area contributed by atoms with E-state index in [1.807, 2.05) is 13.8 Å². The first-order chi connectivity index (χ1) is 9.88. The third kappa shape index (κ3) is 3.54. The molecule has 0 aliphatic heterocycles. The van der Waals surface area contributed by atoms with E-state index in [1.165, 1.54) is 35.7 Å². The van der Waals surface area contributed by atoms with Crippen LogP contribution in [0.3, 0.4) is 0 Å². The van der Waals surface area contributed by atoms with Gasteiger partial charge in [0.2, 0.25) is 0 Å². The fourth-order valence-electron chi connectivity index (χ4n) is 1.64. The number of aromatic nitrogens is 3. The summed E-state index contributed by atoms with van der Waals surface area (Å²) >= 11 is 1.37. The molecule has 0 aliphatic rings. The van der Waals surface area contributed by atoms with Crippen LogP contribution in [-0.2, 0) is 6.54 Å². The molecule has 0 atom stereocenters. The SMILES string of the molecule is Cc1nc(NC(=O)N(C)Cc2nccn2C(F)F)sc1C. The van der Waals surface area contributed by atoms with Gasteiger partial charge in [-0.3, -0.25) is 9.88 Å². The van der Waals surface area contributed by atoms with E-state index in [4.69, 9.17) is 0 Å². The van der Waals surface area contributed by atoms with Crippen LogP contribution < -0.4 is 5.32 Å². The Morgan fingerprint density at radius 1 is 1.52 bits per heavy atom. The number of carbonyl (C=O) groups is 1. The van der Waals surface area contributed by atoms with Crippen molar-refractivity contribution < 1.29 is 13.6 Å². The molecule has 0 aromatic carbocycles. The molecule has 2 heterocycles. The van der Waals surface area contributed by atoms with Gasteiger partial charge in [-0.25, -0.2) is 14.8 Å². The number of halogens is 2. The number of nitrogens with one attached hydrogen (secondary N) is 1. The van der Waals surface area contributed by atoms with E-state index in [0.717, 1.165) is 15.1 Å². The van der Waals surface area contributed by atoms with Crippen LogP contribution in [-0.4, -0.2) is 32.5 Å². The maximum absolute atomic E-state index is 12.7. The van der Waals surface area contributed by atoms with Crippen LogP contribution in [0.2, 0.25) is 0 Å². The summed E-state index contributed by atoms with van der Waals surface area (Å²) in [5, 5.41) is 3.12. The smallest absolute Gasteiger partial charge is 0.320 e. The van der Waals surface area contributed by atoms with Gasteiger partial charge < -0.3 is 4.90 Å². The molecule has 0 aliphatic carbocycles. The summed E-state index contributed by atoms with van der Waals surface area (Å²) in [7, 11) is 1.51. The summed E-state index contributed by atoms with van der Waals surface area (Å²) in [5.41, 5.74) is 0.853. The quantitative estimate of drug-likeness (QED) is 0.943. The minimum Gasteiger partial charge on any atom is -0.320 e. The van der Waals surface area contributed by atoms with E-state index in [2.05, 4.69) is 15.3 Å². The highest BCUT2D eigenvalue weighted by Gasteiger charge is 2.17. The second-order valence-corrected chi connectivity index (χ2v) is 5.68. The largest absolute Gasteiger partial charge is 0.323 e. The van der Waals surface area contributed by atoms with Crippen LogP contribution in [0.25, 0.3) is 0 Å². The number of anilines is 1. The van der Waals surface area contributed by atoms with Crippen LogP contribution in [0.1, 0.15) is 22.9 Å². The second-order valence-electron chi connectivity index (χ2n) is 4.48. The summed E-state index contributed by atoms with van der Waals surface area (Å²) in [6.45, 7) is 1.06. The van der Waals surface area contributed by atoms with Crippen molar-refractivity contribution in [3.8, 4) is 0 Å². The van der Waals surface area contributed by atoms with Crippen LogP contribution in [0.4, 0.5) is 18.7 Å². The van der Waals surface area contributed by atoms with Gasteiger partial charge in [-0.15, -0.1) is 11.3 Å². The lowest BCUT2D eigenvalue weighted by Gasteiger charge is -2.17. The third-order valence-corrected chi connectivity index (χ3v) is 3.92. The van der Waals surface area contributed by atoms with Gasteiger partial charge in [0.25, 0.3) is 0 Å². The van der Waals surface area contributed by atoms with Crippen LogP contribution in [0.15, 0.2) is 12.4 Å². The number of hydrogen-bond acceptors (Lipinski definition) is 4. The molecule has 0 fully saturated rings. The molecule has 2 aromatic heterocycles. The molecule has 9 heteroatoms. The monoisotopic (exact) mass is 315 g/mol. The van der Waals surface area contributed by atoms with Gasteiger partial charge in [0.05, 0.1) is 12.2 Å². The predicted octanol–water partition coefficient (Wildman–Crippen LogP) is 3.02. The zero-order valence-corrected chi connectivity index (χ0v) is 12.6. The summed E-state index contributed by atoms with van der Waals surface area (Å²) in [6.07, 6.45) is 2.46. The van der Waals surface area contributed by atoms with E-state index >= 15 is 0 Å². The number of aryl methyl sites for hydroxylation is 2. The zero-order valence-electron chi connectivity index (χ0n) is 11.8. The second kappa shape index (κ2) is 6.17. The number of amides is 2. The molecule has 0 saturated carbocycles. The molecule has 0 radical (unpaired) electrons. The topological polar surface area (TPSA) is 63.1 Å². The Hall–Kier alpha value is -2.03. The molecule has 2 amide bonds. The maximum Gasteiger partial charge on any atom is 0.323 e. The lowest BCUT2D eigenvalue weighted by Crippen LogP contribution is -2.32. The highest BCUT2D eigenvalue weighted by molar-refractivity contribution is 7.15. The van der Waals surface area contributed by atoms with Crippen molar-refractivity contribution in [2.75, 3.05) is 12.4 Å². The van der Waals surface area contributed by atoms with Crippen molar-refractivity contribution in [1.82, 2.24) is 19.4 Å². The number of hydrogen-bond donors (Lipinski definition) is 1. The fourth-order valence-corrected chi connectivity index (χ4v) is 2.45. The van der Waals surface area contributed by atoms with Gasteiger partial charge in [-0.2, -0.15) is 8.78 Å². The van der Waals surface area contributed by atoms with Gasteiger partial charge >= 0.3 is 12.6 Å². The van der Waals surface area contributed by atoms with E-state index in [1.54, 1.807) is 0 Å². The highest BCUT2D eigenvalue weighted by atomic mass is 32.1. The summed E-state index contributed by atoms with van der Waals surface area (Å²) in [4.78, 5) is 22.3. The Morgan fingerprint density at radius 3 is 2.81 bits per heavy atom. The molecule has 21 heavy (non-hydrogen) atoms. The standard InChI is InChI=1S/C12H15F2N5OS/c1-7-8(2)21-11(16-7)17-12(20)18(3)6-9-15-4-5-19(9)10(13)14/h4-5,10H,6H2,1-3H3,(H,16,17,20). The molecule has 0 spiro atoms. The normalized spacial score (nSPS) is 11.0. The third-order valence-electron chi connectivity index (χ3n) is 2.93.